The van der Waals surface area contributed by atoms with Gasteiger partial charge in [-0.3, -0.25) is 0 Å². The lowest BCUT2D eigenvalue weighted by atomic mass is 10.4. The SMILES string of the molecule is CCNCc1ccc(OCC2CC2)nn1. The van der Waals surface area contributed by atoms with E-state index in [1.54, 1.807) is 0 Å². The van der Waals surface area contributed by atoms with Gasteiger partial charge in [-0.15, -0.1) is 5.10 Å². The third kappa shape index (κ3) is 3.47. The molecule has 0 amide bonds. The van der Waals surface area contributed by atoms with Crippen molar-refractivity contribution in [2.45, 2.75) is 26.3 Å². The fourth-order valence-corrected chi connectivity index (χ4v) is 1.26. The Hall–Kier alpha value is -1.16. The summed E-state index contributed by atoms with van der Waals surface area (Å²) < 4.78 is 5.50. The Morgan fingerprint density at radius 3 is 2.87 bits per heavy atom. The number of aromatic nitrogens is 2. The van der Waals surface area contributed by atoms with Crippen LogP contribution in [0.25, 0.3) is 0 Å². The second-order valence-corrected chi connectivity index (χ2v) is 3.90. The standard InChI is InChI=1S/C11H17N3O/c1-2-12-7-10-5-6-11(14-13-10)15-8-9-3-4-9/h5-6,9,12H,2-4,7-8H2,1H3. The summed E-state index contributed by atoms with van der Waals surface area (Å²) in [6, 6.07) is 3.85. The van der Waals surface area contributed by atoms with Gasteiger partial charge in [-0.2, -0.15) is 5.10 Å². The van der Waals surface area contributed by atoms with Gasteiger partial charge in [-0.25, -0.2) is 0 Å². The molecule has 1 aromatic heterocycles. The van der Waals surface area contributed by atoms with Crippen molar-refractivity contribution in [2.75, 3.05) is 13.2 Å². The van der Waals surface area contributed by atoms with Gasteiger partial charge in [0.2, 0.25) is 5.88 Å². The van der Waals surface area contributed by atoms with E-state index in [4.69, 9.17) is 4.74 Å². The van der Waals surface area contributed by atoms with Crippen LogP contribution in [-0.4, -0.2) is 23.3 Å². The van der Waals surface area contributed by atoms with Gasteiger partial charge in [-0.05, 0) is 31.4 Å². The molecule has 1 heterocycles. The highest BCUT2D eigenvalue weighted by Crippen LogP contribution is 2.29. The summed E-state index contributed by atoms with van der Waals surface area (Å²) in [5.74, 6) is 1.40. The lowest BCUT2D eigenvalue weighted by Gasteiger charge is -2.04. The number of hydrogen-bond acceptors (Lipinski definition) is 4. The van der Waals surface area contributed by atoms with Crippen molar-refractivity contribution >= 4 is 0 Å². The minimum atomic E-state index is 0.641. The number of hydrogen-bond donors (Lipinski definition) is 1. The lowest BCUT2D eigenvalue weighted by molar-refractivity contribution is 0.284. The van der Waals surface area contributed by atoms with Crippen LogP contribution in [0.4, 0.5) is 0 Å². The highest BCUT2D eigenvalue weighted by molar-refractivity contribution is 5.11. The maximum absolute atomic E-state index is 5.50. The molecule has 1 aromatic rings. The van der Waals surface area contributed by atoms with E-state index in [2.05, 4.69) is 22.4 Å². The van der Waals surface area contributed by atoms with E-state index in [0.29, 0.717) is 5.88 Å². The zero-order chi connectivity index (χ0) is 10.5. The minimum absolute atomic E-state index is 0.641. The third-order valence-electron chi connectivity index (χ3n) is 2.42. The van der Waals surface area contributed by atoms with Crippen LogP contribution in [0.2, 0.25) is 0 Å². The Balaban J connectivity index is 1.79. The van der Waals surface area contributed by atoms with Crippen LogP contribution < -0.4 is 10.1 Å². The molecule has 0 unspecified atom stereocenters. The second kappa shape index (κ2) is 5.07. The molecule has 15 heavy (non-hydrogen) atoms. The van der Waals surface area contributed by atoms with Crippen LogP contribution in [-0.2, 0) is 6.54 Å². The van der Waals surface area contributed by atoms with Gasteiger partial charge >= 0.3 is 0 Å². The van der Waals surface area contributed by atoms with Gasteiger partial charge in [0.25, 0.3) is 0 Å². The van der Waals surface area contributed by atoms with E-state index in [9.17, 15) is 0 Å². The fourth-order valence-electron chi connectivity index (χ4n) is 1.26. The second-order valence-electron chi connectivity index (χ2n) is 3.90. The maximum atomic E-state index is 5.50. The molecule has 1 saturated carbocycles. The topological polar surface area (TPSA) is 47.0 Å². The Bertz CT molecular complexity index is 295. The molecular weight excluding hydrogens is 190 g/mol. The van der Waals surface area contributed by atoms with Crippen molar-refractivity contribution in [3.63, 3.8) is 0 Å². The summed E-state index contributed by atoms with van der Waals surface area (Å²) in [6.45, 7) is 4.58. The summed E-state index contributed by atoms with van der Waals surface area (Å²) in [7, 11) is 0. The number of nitrogens with zero attached hydrogens (tertiary/aromatic N) is 2. The van der Waals surface area contributed by atoms with Crippen LogP contribution in [0.3, 0.4) is 0 Å². The maximum Gasteiger partial charge on any atom is 0.233 e. The Labute approximate surface area is 90.1 Å². The molecule has 0 bridgehead atoms. The lowest BCUT2D eigenvalue weighted by Crippen LogP contribution is -2.13. The molecule has 0 spiro atoms. The first-order valence-corrected chi connectivity index (χ1v) is 5.54. The normalized spacial score (nSPS) is 15.3. The molecule has 4 heteroatoms. The van der Waals surface area contributed by atoms with Crippen LogP contribution in [0.5, 0.6) is 5.88 Å². The molecule has 1 aliphatic rings. The van der Waals surface area contributed by atoms with E-state index in [1.807, 2.05) is 12.1 Å². The molecule has 0 aliphatic heterocycles. The van der Waals surface area contributed by atoms with E-state index in [-0.39, 0.29) is 0 Å². The third-order valence-corrected chi connectivity index (χ3v) is 2.42. The van der Waals surface area contributed by atoms with Crippen molar-refractivity contribution in [2.24, 2.45) is 5.92 Å². The van der Waals surface area contributed by atoms with Crippen molar-refractivity contribution in [3.8, 4) is 5.88 Å². The molecule has 2 rings (SSSR count). The number of ether oxygens (including phenoxy) is 1. The summed E-state index contributed by atoms with van der Waals surface area (Å²) >= 11 is 0. The molecule has 1 fully saturated rings. The van der Waals surface area contributed by atoms with Crippen LogP contribution in [0.15, 0.2) is 12.1 Å². The van der Waals surface area contributed by atoms with Gasteiger partial charge in [0.1, 0.15) is 0 Å². The van der Waals surface area contributed by atoms with Gasteiger partial charge in [0.05, 0.1) is 12.3 Å². The smallest absolute Gasteiger partial charge is 0.233 e. The first-order chi connectivity index (χ1) is 7.38. The molecule has 82 valence electrons. The molecule has 0 saturated heterocycles. The van der Waals surface area contributed by atoms with E-state index < -0.39 is 0 Å². The van der Waals surface area contributed by atoms with Gasteiger partial charge in [0, 0.05) is 12.6 Å². The molecule has 0 radical (unpaired) electrons. The Kier molecular flexibility index (Phi) is 3.50. The molecule has 1 aliphatic carbocycles. The van der Waals surface area contributed by atoms with Crippen LogP contribution in [0, 0.1) is 5.92 Å². The number of rotatable bonds is 6. The average Bonchev–Trinajstić information content (AvgIpc) is 3.09. The first kappa shape index (κ1) is 10.4. The fraction of sp³-hybridized carbons (Fsp3) is 0.636. The highest BCUT2D eigenvalue weighted by Gasteiger charge is 2.22. The van der Waals surface area contributed by atoms with E-state index in [1.165, 1.54) is 12.8 Å². The van der Waals surface area contributed by atoms with Gasteiger partial charge in [-0.1, -0.05) is 6.92 Å². The van der Waals surface area contributed by atoms with Crippen molar-refractivity contribution in [1.82, 2.24) is 15.5 Å². The largest absolute Gasteiger partial charge is 0.476 e. The van der Waals surface area contributed by atoms with Crippen molar-refractivity contribution < 1.29 is 4.74 Å². The zero-order valence-corrected chi connectivity index (χ0v) is 9.07. The average molecular weight is 207 g/mol. The number of nitrogens with one attached hydrogen (secondary N) is 1. The van der Waals surface area contributed by atoms with Crippen LogP contribution in [0.1, 0.15) is 25.5 Å². The molecule has 0 aromatic carbocycles. The highest BCUT2D eigenvalue weighted by atomic mass is 16.5. The van der Waals surface area contributed by atoms with Gasteiger partial charge < -0.3 is 10.1 Å². The molecule has 4 nitrogen and oxygen atoms in total. The zero-order valence-electron chi connectivity index (χ0n) is 9.07. The Morgan fingerprint density at radius 2 is 2.27 bits per heavy atom. The van der Waals surface area contributed by atoms with Crippen LogP contribution >= 0.6 is 0 Å². The molecule has 0 atom stereocenters. The van der Waals surface area contributed by atoms with E-state index >= 15 is 0 Å². The minimum Gasteiger partial charge on any atom is -0.476 e. The van der Waals surface area contributed by atoms with E-state index in [0.717, 1.165) is 31.3 Å². The molecule has 1 N–H and O–H groups in total. The predicted octanol–water partition coefficient (Wildman–Crippen LogP) is 1.37. The summed E-state index contributed by atoms with van der Waals surface area (Å²) in [6.07, 6.45) is 2.60. The van der Waals surface area contributed by atoms with Gasteiger partial charge in [0.15, 0.2) is 0 Å². The summed E-state index contributed by atoms with van der Waals surface area (Å²) in [4.78, 5) is 0. The monoisotopic (exact) mass is 207 g/mol. The predicted molar refractivity (Wildman–Crippen MR) is 57.6 cm³/mol. The summed E-state index contributed by atoms with van der Waals surface area (Å²) in [5.41, 5.74) is 0.954. The van der Waals surface area contributed by atoms with Crippen molar-refractivity contribution in [1.29, 1.82) is 0 Å². The quantitative estimate of drug-likeness (QED) is 0.765. The molecular formula is C11H17N3O. The van der Waals surface area contributed by atoms with Crippen molar-refractivity contribution in [3.05, 3.63) is 17.8 Å². The Morgan fingerprint density at radius 1 is 1.40 bits per heavy atom. The first-order valence-electron chi connectivity index (χ1n) is 5.54. The summed E-state index contributed by atoms with van der Waals surface area (Å²) in [5, 5.41) is 11.3.